The molecular formula is C17H29NSi2. The van der Waals surface area contributed by atoms with E-state index >= 15 is 0 Å². The van der Waals surface area contributed by atoms with Gasteiger partial charge in [-0.1, -0.05) is 58.0 Å². The lowest BCUT2D eigenvalue weighted by molar-refractivity contribution is 1.15. The Morgan fingerprint density at radius 1 is 0.950 bits per heavy atom. The van der Waals surface area contributed by atoms with Crippen molar-refractivity contribution in [3.05, 3.63) is 36.4 Å². The normalized spacial score (nSPS) is 16.1. The Bertz CT molecular complexity index is 473. The van der Waals surface area contributed by atoms with Gasteiger partial charge < -0.3 is 4.23 Å². The summed E-state index contributed by atoms with van der Waals surface area (Å²) in [6.45, 7) is 18.9. The third-order valence-corrected chi connectivity index (χ3v) is 11.1. The average Bonchev–Trinajstić information content (AvgIpc) is 3.08. The Kier molecular flexibility index (Phi) is 4.04. The van der Waals surface area contributed by atoms with Crippen molar-refractivity contribution in [2.75, 3.05) is 4.23 Å². The first kappa shape index (κ1) is 15.6. The molecule has 0 saturated heterocycles. The number of nitrogens with zero attached hydrogens (tertiary/aromatic N) is 1. The second kappa shape index (κ2) is 5.19. The van der Waals surface area contributed by atoms with E-state index in [1.54, 1.807) is 0 Å². The number of hydrogen-bond donors (Lipinski definition) is 0. The molecule has 1 aliphatic rings. The highest BCUT2D eigenvalue weighted by Gasteiger charge is 2.34. The highest BCUT2D eigenvalue weighted by molar-refractivity contribution is 6.99. The van der Waals surface area contributed by atoms with Gasteiger partial charge >= 0.3 is 0 Å². The molecule has 0 unspecified atom stereocenters. The van der Waals surface area contributed by atoms with Gasteiger partial charge in [0.05, 0.1) is 0 Å². The number of anilines is 1. The fourth-order valence-corrected chi connectivity index (χ4v) is 13.2. The minimum Gasteiger partial charge on any atom is -0.425 e. The smallest absolute Gasteiger partial charge is 0.138 e. The Morgan fingerprint density at radius 3 is 1.75 bits per heavy atom. The summed E-state index contributed by atoms with van der Waals surface area (Å²) in [6.07, 6.45) is 2.66. The second-order valence-electron chi connectivity index (χ2n) is 8.02. The summed E-state index contributed by atoms with van der Waals surface area (Å²) in [5, 5.41) is 0. The quantitative estimate of drug-likeness (QED) is 0.641. The molecule has 0 heterocycles. The van der Waals surface area contributed by atoms with Crippen LogP contribution in [0.5, 0.6) is 0 Å². The van der Waals surface area contributed by atoms with E-state index in [1.807, 2.05) is 0 Å². The maximum atomic E-state index is 4.26. The minimum absolute atomic E-state index is 0.755. The highest BCUT2D eigenvalue weighted by atomic mass is 28.4. The molecule has 0 N–H and O–H groups in total. The zero-order chi connectivity index (χ0) is 15.1. The lowest BCUT2D eigenvalue weighted by Crippen LogP contribution is -2.59. The molecule has 0 aromatic heterocycles. The van der Waals surface area contributed by atoms with Crippen LogP contribution in [0, 0.1) is 5.92 Å². The van der Waals surface area contributed by atoms with Crippen LogP contribution < -0.4 is 4.23 Å². The van der Waals surface area contributed by atoms with Crippen molar-refractivity contribution in [2.45, 2.75) is 52.1 Å². The Labute approximate surface area is 126 Å². The van der Waals surface area contributed by atoms with Crippen LogP contribution in [0.25, 0.3) is 5.57 Å². The average molecular weight is 304 g/mol. The van der Waals surface area contributed by atoms with Crippen LogP contribution in [0.2, 0.25) is 39.3 Å². The Morgan fingerprint density at radius 2 is 1.40 bits per heavy atom. The standard InChI is InChI=1S/C17H29NSi2/c1-14(15-8-9-15)16-10-12-17(13-11-16)18(19(2,3)4)20(5,6)7/h10-13,15H,1,8-9H2,2-7H3. The minimum atomic E-state index is -1.34. The molecule has 110 valence electrons. The number of hydrogen-bond acceptors (Lipinski definition) is 1. The van der Waals surface area contributed by atoms with Crippen molar-refractivity contribution in [1.82, 2.24) is 0 Å². The molecule has 1 saturated carbocycles. The first-order valence-electron chi connectivity index (χ1n) is 7.70. The van der Waals surface area contributed by atoms with Crippen molar-refractivity contribution in [1.29, 1.82) is 0 Å². The van der Waals surface area contributed by atoms with Gasteiger partial charge in [-0.05, 0) is 42.0 Å². The first-order chi connectivity index (χ1) is 9.10. The summed E-state index contributed by atoms with van der Waals surface area (Å²) >= 11 is 0. The van der Waals surface area contributed by atoms with Crippen molar-refractivity contribution in [3.63, 3.8) is 0 Å². The molecule has 0 atom stereocenters. The van der Waals surface area contributed by atoms with E-state index in [9.17, 15) is 0 Å². The monoisotopic (exact) mass is 303 g/mol. The largest absolute Gasteiger partial charge is 0.425 e. The summed E-state index contributed by atoms with van der Waals surface area (Å²) in [6, 6.07) is 9.20. The van der Waals surface area contributed by atoms with Crippen LogP contribution in [0.1, 0.15) is 18.4 Å². The molecule has 20 heavy (non-hydrogen) atoms. The Hall–Kier alpha value is -0.806. The fraction of sp³-hybridized carbons (Fsp3) is 0.529. The predicted molar refractivity (Wildman–Crippen MR) is 97.4 cm³/mol. The molecule has 1 aromatic carbocycles. The van der Waals surface area contributed by atoms with Crippen molar-refractivity contribution in [3.8, 4) is 0 Å². The molecule has 3 heteroatoms. The molecule has 0 amide bonds. The molecule has 1 aliphatic carbocycles. The predicted octanol–water partition coefficient (Wildman–Crippen LogP) is 5.59. The summed E-state index contributed by atoms with van der Waals surface area (Å²) in [7, 11) is -2.69. The van der Waals surface area contributed by atoms with Gasteiger partial charge in [0, 0.05) is 5.69 Å². The van der Waals surface area contributed by atoms with Gasteiger partial charge in [-0.2, -0.15) is 0 Å². The van der Waals surface area contributed by atoms with E-state index in [0.717, 1.165) is 5.92 Å². The molecule has 2 rings (SSSR count). The summed E-state index contributed by atoms with van der Waals surface area (Å²) in [5.41, 5.74) is 4.09. The van der Waals surface area contributed by atoms with Gasteiger partial charge in [0.1, 0.15) is 16.5 Å². The molecule has 0 bridgehead atoms. The molecule has 0 spiro atoms. The SMILES string of the molecule is C=C(c1ccc(N([Si](C)(C)C)[Si](C)(C)C)cc1)C1CC1. The third-order valence-electron chi connectivity index (χ3n) is 3.91. The summed E-state index contributed by atoms with van der Waals surface area (Å²) in [5.74, 6) is 0.755. The fourth-order valence-electron chi connectivity index (χ4n) is 3.27. The number of rotatable bonds is 5. The second-order valence-corrected chi connectivity index (χ2v) is 18.0. The van der Waals surface area contributed by atoms with Crippen molar-refractivity contribution >= 4 is 27.7 Å². The van der Waals surface area contributed by atoms with Gasteiger partial charge in [-0.25, -0.2) is 0 Å². The zero-order valence-electron chi connectivity index (χ0n) is 14.0. The maximum absolute atomic E-state index is 4.26. The topological polar surface area (TPSA) is 3.24 Å². The zero-order valence-corrected chi connectivity index (χ0v) is 16.0. The van der Waals surface area contributed by atoms with Gasteiger partial charge in [-0.15, -0.1) is 0 Å². The van der Waals surface area contributed by atoms with Crippen LogP contribution in [-0.2, 0) is 0 Å². The van der Waals surface area contributed by atoms with Crippen LogP contribution in [0.3, 0.4) is 0 Å². The van der Waals surface area contributed by atoms with E-state index < -0.39 is 16.5 Å². The van der Waals surface area contributed by atoms with Gasteiger partial charge in [0.15, 0.2) is 0 Å². The summed E-state index contributed by atoms with van der Waals surface area (Å²) < 4.78 is 2.77. The maximum Gasteiger partial charge on any atom is 0.138 e. The molecule has 1 fully saturated rings. The van der Waals surface area contributed by atoms with Crippen molar-refractivity contribution in [2.24, 2.45) is 5.92 Å². The number of allylic oxidation sites excluding steroid dienone is 1. The molecule has 1 nitrogen and oxygen atoms in total. The van der Waals surface area contributed by atoms with E-state index in [0.29, 0.717) is 0 Å². The molecule has 0 radical (unpaired) electrons. The van der Waals surface area contributed by atoms with E-state index in [2.05, 4.69) is 74.4 Å². The van der Waals surface area contributed by atoms with E-state index in [1.165, 1.54) is 29.7 Å². The molecule has 1 aromatic rings. The third kappa shape index (κ3) is 3.44. The highest BCUT2D eigenvalue weighted by Crippen LogP contribution is 2.41. The van der Waals surface area contributed by atoms with Crippen molar-refractivity contribution < 1.29 is 0 Å². The van der Waals surface area contributed by atoms with E-state index in [4.69, 9.17) is 0 Å². The molecule has 0 aliphatic heterocycles. The van der Waals surface area contributed by atoms with Gasteiger partial charge in [0.2, 0.25) is 0 Å². The van der Waals surface area contributed by atoms with Crippen LogP contribution in [0.15, 0.2) is 30.8 Å². The van der Waals surface area contributed by atoms with Crippen LogP contribution >= 0.6 is 0 Å². The number of benzene rings is 1. The van der Waals surface area contributed by atoms with E-state index in [-0.39, 0.29) is 0 Å². The van der Waals surface area contributed by atoms with Gasteiger partial charge in [0.25, 0.3) is 0 Å². The first-order valence-corrected chi connectivity index (χ1v) is 14.6. The summed E-state index contributed by atoms with van der Waals surface area (Å²) in [4.78, 5) is 0. The van der Waals surface area contributed by atoms with Crippen LogP contribution in [-0.4, -0.2) is 16.5 Å². The Balaban J connectivity index is 2.29. The lowest BCUT2D eigenvalue weighted by Gasteiger charge is -2.46. The van der Waals surface area contributed by atoms with Gasteiger partial charge in [-0.3, -0.25) is 0 Å². The van der Waals surface area contributed by atoms with Crippen LogP contribution in [0.4, 0.5) is 5.69 Å². The lowest BCUT2D eigenvalue weighted by atomic mass is 10.0. The molecular weight excluding hydrogens is 274 g/mol.